The van der Waals surface area contributed by atoms with Crippen LogP contribution in [0, 0.1) is 11.8 Å². The van der Waals surface area contributed by atoms with Crippen LogP contribution in [-0.2, 0) is 19.1 Å². The zero-order chi connectivity index (χ0) is 12.8. The van der Waals surface area contributed by atoms with Crippen molar-refractivity contribution >= 4 is 18.0 Å². The number of esters is 2. The average molecular weight is 241 g/mol. The molecule has 2 aliphatic rings. The highest BCUT2D eigenvalue weighted by Crippen LogP contribution is 2.32. The third kappa shape index (κ3) is 2.25. The summed E-state index contributed by atoms with van der Waals surface area (Å²) in [6, 6.07) is 0. The van der Waals surface area contributed by atoms with Crippen molar-refractivity contribution < 1.29 is 23.9 Å². The van der Waals surface area contributed by atoms with E-state index in [1.165, 1.54) is 4.90 Å². The summed E-state index contributed by atoms with van der Waals surface area (Å²) in [5.41, 5.74) is -0.584. The summed E-state index contributed by atoms with van der Waals surface area (Å²) in [4.78, 5) is 35.7. The van der Waals surface area contributed by atoms with Gasteiger partial charge in [0.05, 0.1) is 11.8 Å². The second kappa shape index (κ2) is 3.72. The molecule has 2 unspecified atom stereocenters. The van der Waals surface area contributed by atoms with E-state index >= 15 is 0 Å². The molecule has 0 saturated carbocycles. The summed E-state index contributed by atoms with van der Waals surface area (Å²) >= 11 is 0. The number of carbonyl (C=O) groups excluding carboxylic acids is 3. The van der Waals surface area contributed by atoms with Gasteiger partial charge in [0.15, 0.2) is 0 Å². The molecule has 94 valence electrons. The second-order valence-corrected chi connectivity index (χ2v) is 5.34. The molecule has 0 bridgehead atoms. The summed E-state index contributed by atoms with van der Waals surface area (Å²) in [7, 11) is 0. The van der Waals surface area contributed by atoms with Gasteiger partial charge in [0, 0.05) is 13.1 Å². The fourth-order valence-corrected chi connectivity index (χ4v) is 2.01. The third-order valence-electron chi connectivity index (χ3n) is 2.78. The number of ether oxygens (including phenoxy) is 2. The minimum Gasteiger partial charge on any atom is -0.444 e. The minimum absolute atomic E-state index is 0.199. The van der Waals surface area contributed by atoms with Crippen LogP contribution < -0.4 is 0 Å². The maximum atomic E-state index is 11.7. The number of cyclic esters (lactones) is 2. The number of likely N-dealkylation sites (tertiary alicyclic amines) is 1. The number of rotatable bonds is 0. The van der Waals surface area contributed by atoms with Gasteiger partial charge in [0.25, 0.3) is 0 Å². The molecule has 0 aliphatic carbocycles. The Labute approximate surface area is 98.8 Å². The summed E-state index contributed by atoms with van der Waals surface area (Å²) in [5, 5.41) is 0. The number of hydrogen-bond donors (Lipinski definition) is 0. The number of nitrogens with zero attached hydrogens (tertiary/aromatic N) is 1. The van der Waals surface area contributed by atoms with Crippen LogP contribution in [0.4, 0.5) is 4.79 Å². The smallest absolute Gasteiger partial charge is 0.410 e. The van der Waals surface area contributed by atoms with Gasteiger partial charge in [0.1, 0.15) is 5.60 Å². The number of amides is 1. The van der Waals surface area contributed by atoms with E-state index in [2.05, 4.69) is 4.74 Å². The van der Waals surface area contributed by atoms with Crippen LogP contribution in [0.2, 0.25) is 0 Å². The maximum absolute atomic E-state index is 11.7. The van der Waals surface area contributed by atoms with E-state index in [0.29, 0.717) is 0 Å². The van der Waals surface area contributed by atoms with Gasteiger partial charge in [0.2, 0.25) is 0 Å². The molecule has 2 fully saturated rings. The lowest BCUT2D eigenvalue weighted by Crippen LogP contribution is -2.36. The van der Waals surface area contributed by atoms with Crippen molar-refractivity contribution in [2.75, 3.05) is 13.1 Å². The SMILES string of the molecule is CC(C)(C)OC(=O)N1CC2C(=O)OC(=O)C2C1. The monoisotopic (exact) mass is 241 g/mol. The molecule has 0 aromatic rings. The predicted octanol–water partition coefficient (Wildman–Crippen LogP) is 0.553. The average Bonchev–Trinajstić information content (AvgIpc) is 2.67. The van der Waals surface area contributed by atoms with E-state index in [9.17, 15) is 14.4 Å². The quantitative estimate of drug-likeness (QED) is 0.457. The van der Waals surface area contributed by atoms with Gasteiger partial charge < -0.3 is 14.4 Å². The molecule has 2 saturated heterocycles. The minimum atomic E-state index is -0.584. The fraction of sp³-hybridized carbons (Fsp3) is 0.727. The molecule has 2 rings (SSSR count). The van der Waals surface area contributed by atoms with Gasteiger partial charge in [-0.3, -0.25) is 9.59 Å². The van der Waals surface area contributed by atoms with E-state index in [-0.39, 0.29) is 13.1 Å². The second-order valence-electron chi connectivity index (χ2n) is 5.34. The van der Waals surface area contributed by atoms with Gasteiger partial charge in [-0.2, -0.15) is 0 Å². The van der Waals surface area contributed by atoms with E-state index in [0.717, 1.165) is 0 Å². The Morgan fingerprint density at radius 1 is 1.24 bits per heavy atom. The standard InChI is InChI=1S/C11H15NO5/c1-11(2,3)17-10(15)12-4-6-7(5-12)9(14)16-8(6)13/h6-7H,4-5H2,1-3H3. The van der Waals surface area contributed by atoms with E-state index in [1.807, 2.05) is 0 Å². The summed E-state index contributed by atoms with van der Waals surface area (Å²) in [5.74, 6) is -2.11. The third-order valence-corrected chi connectivity index (χ3v) is 2.78. The number of hydrogen-bond acceptors (Lipinski definition) is 5. The van der Waals surface area contributed by atoms with Gasteiger partial charge in [-0.25, -0.2) is 4.79 Å². The van der Waals surface area contributed by atoms with Crippen LogP contribution in [-0.4, -0.2) is 41.6 Å². The molecule has 6 heteroatoms. The Bertz CT molecular complexity index is 362. The van der Waals surface area contributed by atoms with Crippen molar-refractivity contribution in [1.82, 2.24) is 4.90 Å². The molecule has 0 aromatic heterocycles. The van der Waals surface area contributed by atoms with E-state index in [4.69, 9.17) is 4.74 Å². The lowest BCUT2D eigenvalue weighted by molar-refractivity contribution is -0.154. The first kappa shape index (κ1) is 11.9. The van der Waals surface area contributed by atoms with Crippen molar-refractivity contribution in [3.63, 3.8) is 0 Å². The Morgan fingerprint density at radius 2 is 1.71 bits per heavy atom. The zero-order valence-electron chi connectivity index (χ0n) is 10.1. The largest absolute Gasteiger partial charge is 0.444 e. The summed E-state index contributed by atoms with van der Waals surface area (Å²) in [6.07, 6.45) is -0.493. The van der Waals surface area contributed by atoms with Crippen molar-refractivity contribution in [2.45, 2.75) is 26.4 Å². The molecule has 17 heavy (non-hydrogen) atoms. The first-order chi connectivity index (χ1) is 7.78. The van der Waals surface area contributed by atoms with Crippen molar-refractivity contribution in [3.8, 4) is 0 Å². The van der Waals surface area contributed by atoms with Crippen LogP contribution in [0.3, 0.4) is 0 Å². The highest BCUT2D eigenvalue weighted by molar-refractivity contribution is 5.97. The lowest BCUT2D eigenvalue weighted by Gasteiger charge is -2.24. The molecule has 2 aliphatic heterocycles. The number of carbonyl (C=O) groups is 3. The Morgan fingerprint density at radius 3 is 2.12 bits per heavy atom. The molecule has 0 spiro atoms. The molecule has 0 N–H and O–H groups in total. The van der Waals surface area contributed by atoms with Crippen LogP contribution in [0.1, 0.15) is 20.8 Å². The molecular formula is C11H15NO5. The Hall–Kier alpha value is -1.59. The normalized spacial score (nSPS) is 28.1. The molecule has 6 nitrogen and oxygen atoms in total. The summed E-state index contributed by atoms with van der Waals surface area (Å²) < 4.78 is 9.68. The molecule has 2 atom stereocenters. The van der Waals surface area contributed by atoms with Crippen LogP contribution >= 0.6 is 0 Å². The molecule has 2 heterocycles. The molecule has 1 amide bonds. The van der Waals surface area contributed by atoms with E-state index in [1.54, 1.807) is 20.8 Å². The maximum Gasteiger partial charge on any atom is 0.410 e. The predicted molar refractivity (Wildman–Crippen MR) is 55.9 cm³/mol. The highest BCUT2D eigenvalue weighted by atomic mass is 16.6. The molecule has 0 aromatic carbocycles. The van der Waals surface area contributed by atoms with Crippen molar-refractivity contribution in [3.05, 3.63) is 0 Å². The first-order valence-corrected chi connectivity index (χ1v) is 5.51. The molecular weight excluding hydrogens is 226 g/mol. The van der Waals surface area contributed by atoms with Crippen LogP contribution in [0.15, 0.2) is 0 Å². The highest BCUT2D eigenvalue weighted by Gasteiger charge is 2.51. The lowest BCUT2D eigenvalue weighted by atomic mass is 10.00. The van der Waals surface area contributed by atoms with Crippen LogP contribution in [0.5, 0.6) is 0 Å². The van der Waals surface area contributed by atoms with Gasteiger partial charge in [-0.1, -0.05) is 0 Å². The van der Waals surface area contributed by atoms with Crippen LogP contribution in [0.25, 0.3) is 0 Å². The van der Waals surface area contributed by atoms with Crippen molar-refractivity contribution in [2.24, 2.45) is 11.8 Å². The van der Waals surface area contributed by atoms with Crippen molar-refractivity contribution in [1.29, 1.82) is 0 Å². The molecule has 0 radical (unpaired) electrons. The number of fused-ring (bicyclic) bond motifs is 1. The van der Waals surface area contributed by atoms with Gasteiger partial charge in [-0.15, -0.1) is 0 Å². The first-order valence-electron chi connectivity index (χ1n) is 5.51. The van der Waals surface area contributed by atoms with Gasteiger partial charge in [-0.05, 0) is 20.8 Å². The van der Waals surface area contributed by atoms with Gasteiger partial charge >= 0.3 is 18.0 Å². The Kier molecular flexibility index (Phi) is 2.60. The topological polar surface area (TPSA) is 72.9 Å². The van der Waals surface area contributed by atoms with E-state index < -0.39 is 35.5 Å². The summed E-state index contributed by atoms with van der Waals surface area (Å²) in [6.45, 7) is 5.69. The fourth-order valence-electron chi connectivity index (χ4n) is 2.01. The Balaban J connectivity index is 2.01. The zero-order valence-corrected chi connectivity index (χ0v) is 10.1.